The van der Waals surface area contributed by atoms with Gasteiger partial charge in [0.15, 0.2) is 13.0 Å². The van der Waals surface area contributed by atoms with Crippen LogP contribution in [-0.4, -0.2) is 48.4 Å². The molecular formula is C25H32F2N5O2+. The number of carbonyl (C=O) groups excluding carboxylic acids is 1. The van der Waals surface area contributed by atoms with Gasteiger partial charge in [0, 0.05) is 30.2 Å². The molecule has 0 spiro atoms. The van der Waals surface area contributed by atoms with Crippen molar-refractivity contribution in [2.75, 3.05) is 13.7 Å². The van der Waals surface area contributed by atoms with E-state index in [2.05, 4.69) is 15.6 Å². The number of halogens is 2. The molecule has 4 unspecified atom stereocenters. The number of ether oxygens (including phenoxy) is 1. The highest BCUT2D eigenvalue weighted by Crippen LogP contribution is 2.22. The average molecular weight is 473 g/mol. The van der Waals surface area contributed by atoms with Crippen LogP contribution in [0.1, 0.15) is 55.1 Å². The maximum absolute atomic E-state index is 13.4. The number of hydrogen-bond donors (Lipinski definition) is 3. The summed E-state index contributed by atoms with van der Waals surface area (Å²) in [4.78, 5) is 17.5. The minimum atomic E-state index is -0.421. The molecule has 182 valence electrons. The predicted molar refractivity (Wildman–Crippen MR) is 125 cm³/mol. The summed E-state index contributed by atoms with van der Waals surface area (Å²) >= 11 is 0. The number of aliphatic imine (C=N–C) groups is 1. The molecule has 9 heteroatoms. The Kier molecular flexibility index (Phi) is 8.81. The second-order valence-electron chi connectivity index (χ2n) is 8.69. The van der Waals surface area contributed by atoms with E-state index in [9.17, 15) is 13.6 Å². The molecule has 3 N–H and O–H groups in total. The van der Waals surface area contributed by atoms with E-state index in [4.69, 9.17) is 10.3 Å². The van der Waals surface area contributed by atoms with Crippen LogP contribution in [0.2, 0.25) is 0 Å². The van der Waals surface area contributed by atoms with Crippen LogP contribution in [0.25, 0.3) is 0 Å². The molecule has 1 aliphatic rings. The number of nitrogens with one attached hydrogen (secondary N) is 3. The van der Waals surface area contributed by atoms with Crippen LogP contribution < -0.4 is 10.6 Å². The van der Waals surface area contributed by atoms with Crippen LogP contribution in [0.4, 0.5) is 8.78 Å². The number of benzene rings is 2. The molecule has 0 saturated carbocycles. The van der Waals surface area contributed by atoms with Gasteiger partial charge in [-0.1, -0.05) is 5.53 Å². The van der Waals surface area contributed by atoms with Crippen LogP contribution in [0, 0.1) is 17.2 Å². The maximum atomic E-state index is 13.4. The molecule has 4 atom stereocenters. The number of carbonyl (C=O) groups is 1. The van der Waals surface area contributed by atoms with Gasteiger partial charge in [-0.05, 0) is 75.2 Å². The Bertz CT molecular complexity index is 1000. The fourth-order valence-electron chi connectivity index (χ4n) is 3.99. The van der Waals surface area contributed by atoms with Gasteiger partial charge in [-0.25, -0.2) is 13.8 Å². The van der Waals surface area contributed by atoms with Crippen LogP contribution in [0.15, 0.2) is 53.5 Å². The summed E-state index contributed by atoms with van der Waals surface area (Å²) in [5.74, 6) is -0.876. The number of rotatable bonds is 8. The molecule has 0 radical (unpaired) electrons. The minimum absolute atomic E-state index is 0.0267. The summed E-state index contributed by atoms with van der Waals surface area (Å²) in [5, 5.41) is 6.05. The number of nitrogens with zero attached hydrogens (tertiary/aromatic N) is 2. The fourth-order valence-corrected chi connectivity index (χ4v) is 3.99. The van der Waals surface area contributed by atoms with Crippen LogP contribution in [0.3, 0.4) is 0 Å². The molecule has 3 rings (SSSR count). The first-order valence-corrected chi connectivity index (χ1v) is 11.5. The lowest BCUT2D eigenvalue weighted by Gasteiger charge is -2.22. The monoisotopic (exact) mass is 472 g/mol. The van der Waals surface area contributed by atoms with Gasteiger partial charge in [-0.3, -0.25) is 10.1 Å². The van der Waals surface area contributed by atoms with E-state index in [1.165, 1.54) is 41.1 Å². The van der Waals surface area contributed by atoms with Crippen molar-refractivity contribution < 1.29 is 23.0 Å². The molecule has 0 bridgehead atoms. The molecule has 1 aliphatic heterocycles. The molecule has 2 aromatic rings. The minimum Gasteiger partial charge on any atom is -0.376 e. The van der Waals surface area contributed by atoms with E-state index >= 15 is 0 Å². The third kappa shape index (κ3) is 7.15. The Balaban J connectivity index is 1.75. The normalized spacial score (nSPS) is 18.7. The molecule has 1 heterocycles. The molecule has 1 saturated heterocycles. The highest BCUT2D eigenvalue weighted by Gasteiger charge is 2.26. The van der Waals surface area contributed by atoms with Crippen molar-refractivity contribution in [2.24, 2.45) is 4.99 Å². The van der Waals surface area contributed by atoms with Crippen molar-refractivity contribution in [3.8, 4) is 0 Å². The summed E-state index contributed by atoms with van der Waals surface area (Å²) in [6, 6.07) is 10.7. The first-order chi connectivity index (χ1) is 16.2. The van der Waals surface area contributed by atoms with Crippen molar-refractivity contribution in [1.82, 2.24) is 10.6 Å². The second-order valence-corrected chi connectivity index (χ2v) is 8.69. The summed E-state index contributed by atoms with van der Waals surface area (Å²) in [6.07, 6.45) is 2.35. The lowest BCUT2D eigenvalue weighted by Crippen LogP contribution is -2.46. The zero-order valence-electron chi connectivity index (χ0n) is 19.7. The topological polar surface area (TPSA) is 89.6 Å². The average Bonchev–Trinajstić information content (AvgIpc) is 3.33. The van der Waals surface area contributed by atoms with Gasteiger partial charge >= 0.3 is 0 Å². The molecule has 0 aliphatic carbocycles. The van der Waals surface area contributed by atoms with Crippen LogP contribution in [-0.2, 0) is 4.74 Å². The van der Waals surface area contributed by atoms with Gasteiger partial charge in [0.05, 0.1) is 12.1 Å². The molecule has 7 nitrogen and oxygen atoms in total. The number of guanidine groups is 1. The van der Waals surface area contributed by atoms with Gasteiger partial charge in [0.25, 0.3) is 5.91 Å². The predicted octanol–water partition coefficient (Wildman–Crippen LogP) is 4.40. The molecule has 34 heavy (non-hydrogen) atoms. The Morgan fingerprint density at radius 2 is 1.76 bits per heavy atom. The Labute approximate surface area is 198 Å². The van der Waals surface area contributed by atoms with Crippen molar-refractivity contribution in [2.45, 2.75) is 57.3 Å². The maximum Gasteiger partial charge on any atom is 0.257 e. The Morgan fingerprint density at radius 1 is 1.15 bits per heavy atom. The summed E-state index contributed by atoms with van der Waals surface area (Å²) < 4.78 is 33.7. The Morgan fingerprint density at radius 3 is 2.32 bits per heavy atom. The zero-order chi connectivity index (χ0) is 24.7. The molecule has 1 amide bonds. The third-order valence-electron chi connectivity index (χ3n) is 5.86. The molecule has 0 aromatic heterocycles. The van der Waals surface area contributed by atoms with E-state index < -0.39 is 11.7 Å². The summed E-state index contributed by atoms with van der Waals surface area (Å²) in [5.41, 5.74) is 9.26. The molecule has 1 fully saturated rings. The van der Waals surface area contributed by atoms with E-state index in [-0.39, 0.29) is 36.0 Å². The second kappa shape index (κ2) is 11.8. The van der Waals surface area contributed by atoms with Gasteiger partial charge in [0.1, 0.15) is 11.6 Å². The fraction of sp³-hybridized carbons (Fsp3) is 0.440. The van der Waals surface area contributed by atoms with Crippen molar-refractivity contribution in [1.29, 1.82) is 5.53 Å². The lowest BCUT2D eigenvalue weighted by molar-refractivity contribution is -0.630. The molecular weight excluding hydrogens is 440 g/mol. The zero-order valence-corrected chi connectivity index (χ0v) is 19.7. The highest BCUT2D eigenvalue weighted by molar-refractivity contribution is 6.05. The standard InChI is InChI=1S/C25H31F2N5O2/c1-16(15-22(32(3)28)18-6-10-20(26)11-7-18)29-25(30-17(2)23-5-4-14-34-23)31-24(33)19-8-12-21(27)13-9-19/h6-13,16-17,22-23,28H,4-5,14-15H2,1-3H3,(H-,29,30,31,33)/p+1. The lowest BCUT2D eigenvalue weighted by atomic mass is 10.00. The van der Waals surface area contributed by atoms with Gasteiger partial charge in [0.2, 0.25) is 6.04 Å². The SMILES string of the molecule is CC(CC(c1ccc(F)cc1)[N+](C)=N)NC(=NC(C)C1CCCO1)NC(=O)c1ccc(F)cc1. The van der Waals surface area contributed by atoms with Crippen molar-refractivity contribution in [3.05, 3.63) is 71.3 Å². The number of amides is 1. The largest absolute Gasteiger partial charge is 0.376 e. The van der Waals surface area contributed by atoms with Gasteiger partial charge < -0.3 is 10.1 Å². The van der Waals surface area contributed by atoms with Crippen molar-refractivity contribution in [3.63, 3.8) is 0 Å². The van der Waals surface area contributed by atoms with Gasteiger partial charge in [-0.15, -0.1) is 4.70 Å². The third-order valence-corrected chi connectivity index (χ3v) is 5.86. The van der Waals surface area contributed by atoms with E-state index in [1.54, 1.807) is 19.2 Å². The first kappa shape index (κ1) is 25.4. The first-order valence-electron chi connectivity index (χ1n) is 11.5. The van der Waals surface area contributed by atoms with E-state index in [1.807, 2.05) is 13.8 Å². The van der Waals surface area contributed by atoms with Gasteiger partial charge in [-0.2, -0.15) is 0 Å². The Hall–Kier alpha value is -3.20. The quantitative estimate of drug-likeness (QED) is 0.230. The van der Waals surface area contributed by atoms with Crippen molar-refractivity contribution >= 4 is 11.9 Å². The highest BCUT2D eigenvalue weighted by atomic mass is 19.1. The van der Waals surface area contributed by atoms with E-state index in [0.717, 1.165) is 18.4 Å². The summed E-state index contributed by atoms with van der Waals surface area (Å²) in [6.45, 7) is 4.56. The summed E-state index contributed by atoms with van der Waals surface area (Å²) in [7, 11) is 1.64. The smallest absolute Gasteiger partial charge is 0.257 e. The van der Waals surface area contributed by atoms with E-state index in [0.29, 0.717) is 18.6 Å². The van der Waals surface area contributed by atoms with Crippen LogP contribution in [0.5, 0.6) is 0 Å². The number of hydrogen-bond acceptors (Lipinski definition) is 4. The van der Waals surface area contributed by atoms with Crippen LogP contribution >= 0.6 is 0 Å². The molecule has 2 aromatic carbocycles.